The molecule has 1 aromatic rings. The zero-order valence-corrected chi connectivity index (χ0v) is 14.9. The first-order valence-electron chi connectivity index (χ1n) is 8.73. The molecule has 1 fully saturated rings. The highest BCUT2D eigenvalue weighted by molar-refractivity contribution is 5.95. The van der Waals surface area contributed by atoms with E-state index in [1.807, 2.05) is 31.2 Å². The zero-order valence-electron chi connectivity index (χ0n) is 14.9. The van der Waals surface area contributed by atoms with Crippen LogP contribution in [0.4, 0.5) is 5.69 Å². The van der Waals surface area contributed by atoms with E-state index in [1.54, 1.807) is 7.05 Å². The van der Waals surface area contributed by atoms with Gasteiger partial charge in [0.1, 0.15) is 0 Å². The molecule has 0 heterocycles. The van der Waals surface area contributed by atoms with Gasteiger partial charge in [0, 0.05) is 11.7 Å². The minimum atomic E-state index is -0.265. The number of para-hydroxylation sites is 1. The molecule has 2 rings (SSSR count). The fourth-order valence-corrected chi connectivity index (χ4v) is 2.50. The van der Waals surface area contributed by atoms with Crippen molar-refractivity contribution in [2.45, 2.75) is 32.2 Å². The van der Waals surface area contributed by atoms with E-state index in [2.05, 4.69) is 16.0 Å². The van der Waals surface area contributed by atoms with Crippen LogP contribution in [0, 0.1) is 0 Å². The Hall–Kier alpha value is -2.41. The topological polar surface area (TPSA) is 91.7 Å². The Bertz CT molecular complexity index is 629. The van der Waals surface area contributed by atoms with Gasteiger partial charge in [0.15, 0.2) is 13.1 Å². The van der Waals surface area contributed by atoms with Crippen molar-refractivity contribution in [1.29, 1.82) is 0 Å². The fraction of sp³-hybridized carbons (Fsp3) is 0.500. The summed E-state index contributed by atoms with van der Waals surface area (Å²) < 4.78 is 0. The van der Waals surface area contributed by atoms with Crippen LogP contribution in [-0.4, -0.2) is 50.4 Å². The van der Waals surface area contributed by atoms with Crippen LogP contribution in [-0.2, 0) is 20.8 Å². The average Bonchev–Trinajstić information content (AvgIpc) is 3.37. The lowest BCUT2D eigenvalue weighted by atomic mass is 10.1. The van der Waals surface area contributed by atoms with Crippen molar-refractivity contribution in [2.75, 3.05) is 32.0 Å². The van der Waals surface area contributed by atoms with Gasteiger partial charge in [-0.2, -0.15) is 0 Å². The number of anilines is 1. The summed E-state index contributed by atoms with van der Waals surface area (Å²) in [5.41, 5.74) is 1.82. The van der Waals surface area contributed by atoms with Crippen molar-refractivity contribution in [1.82, 2.24) is 10.6 Å². The molecule has 1 atom stereocenters. The van der Waals surface area contributed by atoms with Gasteiger partial charge in [-0.25, -0.2) is 0 Å². The molecule has 1 aliphatic rings. The minimum Gasteiger partial charge on any atom is -0.348 e. The Balaban J connectivity index is 1.67. The molecule has 1 saturated carbocycles. The standard InChI is InChI=1S/C18H26N4O3/c1-3-13-6-4-5-7-15(13)21-16(23)10-19-17(24)11-22(2)12-18(25)20-14-8-9-14/h4-7,14H,3,8-12H2,1-2H3,(H,19,24)(H,20,25)(H,21,23)/p+1. The predicted octanol–water partition coefficient (Wildman–Crippen LogP) is -0.903. The summed E-state index contributed by atoms with van der Waals surface area (Å²) in [4.78, 5) is 36.4. The van der Waals surface area contributed by atoms with E-state index in [0.717, 1.165) is 35.4 Å². The largest absolute Gasteiger partial charge is 0.348 e. The van der Waals surface area contributed by atoms with E-state index in [0.29, 0.717) is 6.04 Å². The molecular weight excluding hydrogens is 320 g/mol. The van der Waals surface area contributed by atoms with Gasteiger partial charge in [-0.3, -0.25) is 14.4 Å². The Labute approximate surface area is 148 Å². The van der Waals surface area contributed by atoms with E-state index in [1.165, 1.54) is 0 Å². The molecule has 0 spiro atoms. The molecule has 1 aliphatic carbocycles. The molecule has 25 heavy (non-hydrogen) atoms. The molecule has 0 bridgehead atoms. The van der Waals surface area contributed by atoms with E-state index < -0.39 is 0 Å². The van der Waals surface area contributed by atoms with Crippen LogP contribution in [0.15, 0.2) is 24.3 Å². The van der Waals surface area contributed by atoms with Gasteiger partial charge in [-0.05, 0) is 30.9 Å². The first-order chi connectivity index (χ1) is 12.0. The third-order valence-corrected chi connectivity index (χ3v) is 3.99. The van der Waals surface area contributed by atoms with Gasteiger partial charge in [-0.1, -0.05) is 25.1 Å². The smallest absolute Gasteiger partial charge is 0.275 e. The predicted molar refractivity (Wildman–Crippen MR) is 95.2 cm³/mol. The molecule has 0 aliphatic heterocycles. The number of nitrogens with one attached hydrogen (secondary N) is 4. The van der Waals surface area contributed by atoms with Gasteiger partial charge >= 0.3 is 0 Å². The molecule has 7 heteroatoms. The zero-order chi connectivity index (χ0) is 18.2. The number of hydrogen-bond donors (Lipinski definition) is 4. The second kappa shape index (κ2) is 9.17. The Morgan fingerprint density at radius 1 is 1.08 bits per heavy atom. The number of quaternary nitrogens is 1. The molecule has 0 aromatic heterocycles. The fourth-order valence-electron chi connectivity index (χ4n) is 2.50. The van der Waals surface area contributed by atoms with Gasteiger partial charge in [-0.15, -0.1) is 0 Å². The normalized spacial score (nSPS) is 14.5. The van der Waals surface area contributed by atoms with Gasteiger partial charge in [0.05, 0.1) is 13.6 Å². The molecule has 136 valence electrons. The summed E-state index contributed by atoms with van der Waals surface area (Å²) in [6.07, 6.45) is 2.91. The Morgan fingerprint density at radius 3 is 2.44 bits per heavy atom. The summed E-state index contributed by atoms with van der Waals surface area (Å²) in [5, 5.41) is 8.29. The lowest BCUT2D eigenvalue weighted by molar-refractivity contribution is -0.862. The first-order valence-corrected chi connectivity index (χ1v) is 8.73. The van der Waals surface area contributed by atoms with Crippen molar-refractivity contribution in [2.24, 2.45) is 0 Å². The third kappa shape index (κ3) is 6.93. The van der Waals surface area contributed by atoms with Gasteiger partial charge in [0.2, 0.25) is 5.91 Å². The molecule has 1 aromatic carbocycles. The van der Waals surface area contributed by atoms with Crippen LogP contribution in [0.2, 0.25) is 0 Å². The lowest BCUT2D eigenvalue weighted by Crippen LogP contribution is -3.11. The summed E-state index contributed by atoms with van der Waals surface area (Å²) in [7, 11) is 1.78. The van der Waals surface area contributed by atoms with Crippen LogP contribution in [0.5, 0.6) is 0 Å². The highest BCUT2D eigenvalue weighted by Gasteiger charge is 2.24. The third-order valence-electron chi connectivity index (χ3n) is 3.99. The van der Waals surface area contributed by atoms with Crippen LogP contribution in [0.3, 0.4) is 0 Å². The molecule has 7 nitrogen and oxygen atoms in total. The van der Waals surface area contributed by atoms with Crippen LogP contribution >= 0.6 is 0 Å². The van der Waals surface area contributed by atoms with Crippen molar-refractivity contribution in [3.05, 3.63) is 29.8 Å². The van der Waals surface area contributed by atoms with E-state index in [9.17, 15) is 14.4 Å². The quantitative estimate of drug-likeness (QED) is 0.466. The van der Waals surface area contributed by atoms with E-state index >= 15 is 0 Å². The minimum absolute atomic E-state index is 0.0401. The summed E-state index contributed by atoms with van der Waals surface area (Å²) >= 11 is 0. The molecule has 4 N–H and O–H groups in total. The number of benzene rings is 1. The number of likely N-dealkylation sites (N-methyl/N-ethyl adjacent to an activating group) is 1. The summed E-state index contributed by atoms with van der Waals surface area (Å²) in [6.45, 7) is 2.33. The number of hydrogen-bond acceptors (Lipinski definition) is 3. The van der Waals surface area contributed by atoms with Crippen LogP contribution < -0.4 is 20.9 Å². The Kier molecular flexibility index (Phi) is 6.94. The molecular formula is C18H27N4O3+. The maximum atomic E-state index is 12.0. The number of rotatable bonds is 9. The van der Waals surface area contributed by atoms with Crippen molar-refractivity contribution in [3.8, 4) is 0 Å². The van der Waals surface area contributed by atoms with Gasteiger partial charge < -0.3 is 20.9 Å². The molecule has 1 unspecified atom stereocenters. The number of amides is 3. The van der Waals surface area contributed by atoms with Crippen LogP contribution in [0.25, 0.3) is 0 Å². The number of aryl methyl sites for hydroxylation is 1. The summed E-state index contributed by atoms with van der Waals surface area (Å²) in [6, 6.07) is 7.91. The first kappa shape index (κ1) is 18.9. The maximum Gasteiger partial charge on any atom is 0.275 e. The van der Waals surface area contributed by atoms with Crippen molar-refractivity contribution >= 4 is 23.4 Å². The van der Waals surface area contributed by atoms with Gasteiger partial charge in [0.25, 0.3) is 11.8 Å². The van der Waals surface area contributed by atoms with Crippen molar-refractivity contribution < 1.29 is 19.3 Å². The maximum absolute atomic E-state index is 12.0. The number of carbonyl (C=O) groups excluding carboxylic acids is 3. The second-order valence-corrected chi connectivity index (χ2v) is 6.49. The summed E-state index contributed by atoms with van der Waals surface area (Å²) in [5.74, 6) is -0.559. The highest BCUT2D eigenvalue weighted by atomic mass is 16.2. The van der Waals surface area contributed by atoms with Crippen molar-refractivity contribution in [3.63, 3.8) is 0 Å². The second-order valence-electron chi connectivity index (χ2n) is 6.49. The molecule has 3 amide bonds. The van der Waals surface area contributed by atoms with E-state index in [-0.39, 0.29) is 37.4 Å². The SMILES string of the molecule is CCc1ccccc1NC(=O)CNC(=O)C[NH+](C)CC(=O)NC1CC1. The lowest BCUT2D eigenvalue weighted by Gasteiger charge is -2.14. The molecule has 0 saturated heterocycles. The number of carbonyl (C=O) groups is 3. The average molecular weight is 347 g/mol. The Morgan fingerprint density at radius 2 is 1.76 bits per heavy atom. The molecule has 0 radical (unpaired) electrons. The van der Waals surface area contributed by atoms with E-state index in [4.69, 9.17) is 0 Å². The highest BCUT2D eigenvalue weighted by Crippen LogP contribution is 2.18. The monoisotopic (exact) mass is 347 g/mol. The van der Waals surface area contributed by atoms with Crippen LogP contribution in [0.1, 0.15) is 25.3 Å².